The molecule has 1 aromatic heterocycles. The van der Waals surface area contributed by atoms with E-state index in [4.69, 9.17) is 9.15 Å². The number of hydrogen-bond donors (Lipinski definition) is 0. The minimum absolute atomic E-state index is 0.0403. The standard InChI is InChI=1S/C25H23N3O3S/c1-18-9-8-12-20(15-18)28(16-19-10-4-3-5-11-19)23(29)17-32-25-27-26-24(31-25)21-13-6-7-14-22(21)30-2/h3-15H,16-17H2,1-2H3. The number of hydrogen-bond acceptors (Lipinski definition) is 6. The van der Waals surface area contributed by atoms with Crippen molar-refractivity contribution in [1.82, 2.24) is 10.2 Å². The summed E-state index contributed by atoms with van der Waals surface area (Å²) >= 11 is 1.22. The molecule has 0 aliphatic carbocycles. The number of aromatic nitrogens is 2. The van der Waals surface area contributed by atoms with Gasteiger partial charge in [0, 0.05) is 5.69 Å². The number of amides is 1. The fourth-order valence-corrected chi connectivity index (χ4v) is 3.92. The lowest BCUT2D eigenvalue weighted by atomic mass is 10.1. The fraction of sp³-hybridized carbons (Fsp3) is 0.160. The number of anilines is 1. The molecular formula is C25H23N3O3S. The lowest BCUT2D eigenvalue weighted by Gasteiger charge is -2.23. The van der Waals surface area contributed by atoms with Gasteiger partial charge in [-0.1, -0.05) is 66.4 Å². The van der Waals surface area contributed by atoms with Gasteiger partial charge in [-0.05, 0) is 42.3 Å². The number of para-hydroxylation sites is 1. The van der Waals surface area contributed by atoms with Gasteiger partial charge in [-0.15, -0.1) is 10.2 Å². The topological polar surface area (TPSA) is 68.5 Å². The van der Waals surface area contributed by atoms with Gasteiger partial charge in [-0.25, -0.2) is 0 Å². The molecule has 0 N–H and O–H groups in total. The van der Waals surface area contributed by atoms with E-state index in [0.29, 0.717) is 29.0 Å². The van der Waals surface area contributed by atoms with Crippen LogP contribution in [0.25, 0.3) is 11.5 Å². The van der Waals surface area contributed by atoms with Gasteiger partial charge in [-0.2, -0.15) is 0 Å². The minimum atomic E-state index is -0.0403. The van der Waals surface area contributed by atoms with Gasteiger partial charge in [0.25, 0.3) is 11.1 Å². The second kappa shape index (κ2) is 10.2. The molecule has 0 aliphatic rings. The lowest BCUT2D eigenvalue weighted by molar-refractivity contribution is -0.116. The molecule has 0 atom stereocenters. The van der Waals surface area contributed by atoms with Gasteiger partial charge in [0.1, 0.15) is 5.75 Å². The van der Waals surface area contributed by atoms with Gasteiger partial charge < -0.3 is 14.1 Å². The Balaban J connectivity index is 1.50. The maximum absolute atomic E-state index is 13.2. The van der Waals surface area contributed by atoms with Crippen LogP contribution in [0.4, 0.5) is 5.69 Å². The Bertz CT molecular complexity index is 1190. The van der Waals surface area contributed by atoms with Crippen LogP contribution in [0.1, 0.15) is 11.1 Å². The van der Waals surface area contributed by atoms with Gasteiger partial charge in [-0.3, -0.25) is 4.79 Å². The molecule has 162 valence electrons. The molecule has 32 heavy (non-hydrogen) atoms. The van der Waals surface area contributed by atoms with Crippen molar-refractivity contribution in [3.8, 4) is 17.2 Å². The minimum Gasteiger partial charge on any atom is -0.496 e. The number of methoxy groups -OCH3 is 1. The van der Waals surface area contributed by atoms with Crippen molar-refractivity contribution >= 4 is 23.4 Å². The van der Waals surface area contributed by atoms with E-state index in [1.165, 1.54) is 11.8 Å². The quantitative estimate of drug-likeness (QED) is 0.339. The first kappa shape index (κ1) is 21.6. The molecule has 4 rings (SSSR count). The molecule has 4 aromatic rings. The smallest absolute Gasteiger partial charge is 0.277 e. The maximum atomic E-state index is 13.2. The predicted molar refractivity (Wildman–Crippen MR) is 126 cm³/mol. The van der Waals surface area contributed by atoms with E-state index in [9.17, 15) is 4.79 Å². The summed E-state index contributed by atoms with van der Waals surface area (Å²) in [6.07, 6.45) is 0. The SMILES string of the molecule is COc1ccccc1-c1nnc(SCC(=O)N(Cc2ccccc2)c2cccc(C)c2)o1. The zero-order chi connectivity index (χ0) is 22.3. The van der Waals surface area contributed by atoms with Crippen LogP contribution in [-0.4, -0.2) is 29.0 Å². The summed E-state index contributed by atoms with van der Waals surface area (Å²) in [4.78, 5) is 15.0. The molecule has 0 spiro atoms. The van der Waals surface area contributed by atoms with Crippen molar-refractivity contribution in [3.63, 3.8) is 0 Å². The normalized spacial score (nSPS) is 10.7. The lowest BCUT2D eigenvalue weighted by Crippen LogP contribution is -2.32. The molecule has 0 radical (unpaired) electrons. The Kier molecular flexibility index (Phi) is 6.87. The largest absolute Gasteiger partial charge is 0.496 e. The summed E-state index contributed by atoms with van der Waals surface area (Å²) in [5.74, 6) is 1.14. The predicted octanol–water partition coefficient (Wildman–Crippen LogP) is 5.38. The second-order valence-electron chi connectivity index (χ2n) is 7.17. The van der Waals surface area contributed by atoms with E-state index >= 15 is 0 Å². The van der Waals surface area contributed by atoms with E-state index in [1.54, 1.807) is 12.0 Å². The Labute approximate surface area is 191 Å². The van der Waals surface area contributed by atoms with Gasteiger partial charge in [0.05, 0.1) is 25.0 Å². The number of carbonyl (C=O) groups excluding carboxylic acids is 1. The van der Waals surface area contributed by atoms with Crippen LogP contribution in [0.5, 0.6) is 5.75 Å². The molecule has 1 amide bonds. The summed E-state index contributed by atoms with van der Waals surface area (Å²) in [6.45, 7) is 2.50. The maximum Gasteiger partial charge on any atom is 0.277 e. The Morgan fingerprint density at radius 1 is 1.00 bits per heavy atom. The molecule has 0 saturated carbocycles. The van der Waals surface area contributed by atoms with Crippen molar-refractivity contribution < 1.29 is 13.9 Å². The highest BCUT2D eigenvalue weighted by Crippen LogP contribution is 2.30. The zero-order valence-electron chi connectivity index (χ0n) is 17.9. The number of ether oxygens (including phenoxy) is 1. The third-order valence-electron chi connectivity index (χ3n) is 4.86. The summed E-state index contributed by atoms with van der Waals surface area (Å²) in [7, 11) is 1.59. The average Bonchev–Trinajstić information content (AvgIpc) is 3.30. The molecule has 1 heterocycles. The van der Waals surface area contributed by atoms with Crippen molar-refractivity contribution in [3.05, 3.63) is 90.0 Å². The second-order valence-corrected chi connectivity index (χ2v) is 8.09. The summed E-state index contributed by atoms with van der Waals surface area (Å²) in [5, 5.41) is 8.54. The van der Waals surface area contributed by atoms with Crippen molar-refractivity contribution in [2.24, 2.45) is 0 Å². The fourth-order valence-electron chi connectivity index (χ4n) is 3.28. The Morgan fingerprint density at radius 2 is 1.78 bits per heavy atom. The number of thioether (sulfide) groups is 1. The van der Waals surface area contributed by atoms with E-state index in [-0.39, 0.29) is 11.7 Å². The number of rotatable bonds is 8. The molecule has 7 heteroatoms. The first-order valence-corrected chi connectivity index (χ1v) is 11.1. The third kappa shape index (κ3) is 5.18. The van der Waals surface area contributed by atoms with Crippen LogP contribution in [0.3, 0.4) is 0 Å². The highest BCUT2D eigenvalue weighted by atomic mass is 32.2. The average molecular weight is 446 g/mol. The van der Waals surface area contributed by atoms with Crippen LogP contribution >= 0.6 is 11.8 Å². The van der Waals surface area contributed by atoms with Crippen LogP contribution < -0.4 is 9.64 Å². The third-order valence-corrected chi connectivity index (χ3v) is 5.66. The van der Waals surface area contributed by atoms with Gasteiger partial charge in [0.2, 0.25) is 5.91 Å². The van der Waals surface area contributed by atoms with E-state index in [0.717, 1.165) is 16.8 Å². The molecule has 0 saturated heterocycles. The molecular weight excluding hydrogens is 422 g/mol. The van der Waals surface area contributed by atoms with E-state index < -0.39 is 0 Å². The zero-order valence-corrected chi connectivity index (χ0v) is 18.7. The van der Waals surface area contributed by atoms with Crippen LogP contribution in [0.15, 0.2) is 88.5 Å². The number of benzene rings is 3. The van der Waals surface area contributed by atoms with Crippen molar-refractivity contribution in [1.29, 1.82) is 0 Å². The summed E-state index contributed by atoms with van der Waals surface area (Å²) in [6, 6.07) is 25.3. The Morgan fingerprint density at radius 3 is 2.56 bits per heavy atom. The molecule has 0 fully saturated rings. The van der Waals surface area contributed by atoms with E-state index in [2.05, 4.69) is 10.2 Å². The van der Waals surface area contributed by atoms with Crippen molar-refractivity contribution in [2.75, 3.05) is 17.8 Å². The molecule has 3 aromatic carbocycles. The van der Waals surface area contributed by atoms with Crippen LogP contribution in [0, 0.1) is 6.92 Å². The van der Waals surface area contributed by atoms with Gasteiger partial charge >= 0.3 is 0 Å². The summed E-state index contributed by atoms with van der Waals surface area (Å²) < 4.78 is 11.1. The number of nitrogens with zero attached hydrogens (tertiary/aromatic N) is 3. The number of aryl methyl sites for hydroxylation is 1. The van der Waals surface area contributed by atoms with E-state index in [1.807, 2.05) is 85.8 Å². The molecule has 0 unspecified atom stereocenters. The molecule has 0 bridgehead atoms. The highest BCUT2D eigenvalue weighted by Gasteiger charge is 2.19. The molecule has 6 nitrogen and oxygen atoms in total. The molecule has 0 aliphatic heterocycles. The van der Waals surface area contributed by atoms with Crippen molar-refractivity contribution in [2.45, 2.75) is 18.7 Å². The van der Waals surface area contributed by atoms with Gasteiger partial charge in [0.15, 0.2) is 0 Å². The summed E-state index contributed by atoms with van der Waals surface area (Å²) in [5.41, 5.74) is 3.73. The highest BCUT2D eigenvalue weighted by molar-refractivity contribution is 7.99. The van der Waals surface area contributed by atoms with Crippen LogP contribution in [-0.2, 0) is 11.3 Å². The monoisotopic (exact) mass is 445 g/mol. The Hall–Kier alpha value is -3.58. The first-order chi connectivity index (χ1) is 15.6. The first-order valence-electron chi connectivity index (χ1n) is 10.1. The number of carbonyl (C=O) groups is 1. The van der Waals surface area contributed by atoms with Crippen LogP contribution in [0.2, 0.25) is 0 Å².